The van der Waals surface area contributed by atoms with Crippen LogP contribution in [0.4, 0.5) is 11.4 Å². The van der Waals surface area contributed by atoms with Crippen LogP contribution in [0.3, 0.4) is 0 Å². The maximum Gasteiger partial charge on any atom is 0.225 e. The molecule has 0 saturated carbocycles. The largest absolute Gasteiger partial charge is 0.492 e. The molecule has 1 heterocycles. The van der Waals surface area contributed by atoms with E-state index in [1.165, 1.54) is 0 Å². The lowest BCUT2D eigenvalue weighted by Crippen LogP contribution is -2.37. The Kier molecular flexibility index (Phi) is 3.55. The number of carbonyl (C=O) groups is 1. The summed E-state index contributed by atoms with van der Waals surface area (Å²) in [5, 5.41) is 0. The third-order valence-corrected chi connectivity index (χ3v) is 3.75. The van der Waals surface area contributed by atoms with Gasteiger partial charge in [0.1, 0.15) is 5.75 Å². The van der Waals surface area contributed by atoms with Crippen LogP contribution in [0.1, 0.15) is 20.3 Å². The Morgan fingerprint density at radius 1 is 1.53 bits per heavy atom. The van der Waals surface area contributed by atoms with Crippen molar-refractivity contribution in [2.24, 2.45) is 11.1 Å². The molecule has 104 valence electrons. The number of ether oxygens (including phenoxy) is 1. The van der Waals surface area contributed by atoms with Crippen LogP contribution in [0.2, 0.25) is 0 Å². The van der Waals surface area contributed by atoms with E-state index in [4.69, 9.17) is 16.2 Å². The predicted molar refractivity (Wildman–Crippen MR) is 76.2 cm³/mol. The maximum atomic E-state index is 11.5. The standard InChI is InChI=1S/C14H21N3O2/c1-3-19-11-6-4-5-10(12(11)15)17-8-7-14(2,9-17)13(16)18/h4-6H,3,7-9,15H2,1-2H3,(H2,16,18). The summed E-state index contributed by atoms with van der Waals surface area (Å²) in [5.41, 5.74) is 12.7. The summed E-state index contributed by atoms with van der Waals surface area (Å²) < 4.78 is 5.49. The van der Waals surface area contributed by atoms with Gasteiger partial charge < -0.3 is 21.1 Å². The molecular weight excluding hydrogens is 242 g/mol. The van der Waals surface area contributed by atoms with Crippen molar-refractivity contribution < 1.29 is 9.53 Å². The number of anilines is 2. The molecule has 0 spiro atoms. The van der Waals surface area contributed by atoms with Crippen molar-refractivity contribution in [3.8, 4) is 5.75 Å². The van der Waals surface area contributed by atoms with E-state index < -0.39 is 5.41 Å². The number of rotatable bonds is 4. The van der Waals surface area contributed by atoms with Gasteiger partial charge in [-0.2, -0.15) is 0 Å². The molecule has 1 aromatic carbocycles. The molecule has 1 unspecified atom stereocenters. The Bertz CT molecular complexity index is 490. The highest BCUT2D eigenvalue weighted by molar-refractivity contribution is 5.83. The third kappa shape index (κ3) is 2.45. The van der Waals surface area contributed by atoms with Crippen LogP contribution in [0.5, 0.6) is 5.75 Å². The zero-order valence-electron chi connectivity index (χ0n) is 11.5. The first-order valence-electron chi connectivity index (χ1n) is 6.54. The van der Waals surface area contributed by atoms with Gasteiger partial charge in [0.25, 0.3) is 0 Å². The highest BCUT2D eigenvalue weighted by Crippen LogP contribution is 2.38. The van der Waals surface area contributed by atoms with E-state index in [1.54, 1.807) is 0 Å². The molecule has 4 N–H and O–H groups in total. The first kappa shape index (κ1) is 13.5. The number of amides is 1. The minimum atomic E-state index is -0.478. The average molecular weight is 263 g/mol. The van der Waals surface area contributed by atoms with Gasteiger partial charge in [-0.15, -0.1) is 0 Å². The number of hydrogen-bond donors (Lipinski definition) is 2. The van der Waals surface area contributed by atoms with Crippen molar-refractivity contribution in [1.29, 1.82) is 0 Å². The van der Waals surface area contributed by atoms with Crippen LogP contribution in [-0.2, 0) is 4.79 Å². The normalized spacial score (nSPS) is 22.5. The Balaban J connectivity index is 2.25. The fourth-order valence-corrected chi connectivity index (χ4v) is 2.46. The first-order valence-corrected chi connectivity index (χ1v) is 6.54. The van der Waals surface area contributed by atoms with Crippen LogP contribution < -0.4 is 21.1 Å². The van der Waals surface area contributed by atoms with E-state index in [2.05, 4.69) is 4.90 Å². The Labute approximate surface area is 113 Å². The second kappa shape index (κ2) is 4.99. The summed E-state index contributed by atoms with van der Waals surface area (Å²) in [6, 6.07) is 5.72. The number of benzene rings is 1. The lowest BCUT2D eigenvalue weighted by molar-refractivity contribution is -0.125. The minimum Gasteiger partial charge on any atom is -0.492 e. The predicted octanol–water partition coefficient (Wildman–Crippen LogP) is 1.37. The SMILES string of the molecule is CCOc1cccc(N2CCC(C)(C(N)=O)C2)c1N. The second-order valence-electron chi connectivity index (χ2n) is 5.22. The number of hydrogen-bond acceptors (Lipinski definition) is 4. The topological polar surface area (TPSA) is 81.6 Å². The molecule has 0 aromatic heterocycles. The van der Waals surface area contributed by atoms with Crippen molar-refractivity contribution in [2.75, 3.05) is 30.3 Å². The van der Waals surface area contributed by atoms with Crippen molar-refractivity contribution in [3.05, 3.63) is 18.2 Å². The summed E-state index contributed by atoms with van der Waals surface area (Å²) in [6.07, 6.45) is 0.751. The van der Waals surface area contributed by atoms with Gasteiger partial charge >= 0.3 is 0 Å². The van der Waals surface area contributed by atoms with Gasteiger partial charge in [0.2, 0.25) is 5.91 Å². The summed E-state index contributed by atoms with van der Waals surface area (Å²) in [6.45, 7) is 5.78. The van der Waals surface area contributed by atoms with Gasteiger partial charge in [-0.3, -0.25) is 4.79 Å². The van der Waals surface area contributed by atoms with Crippen molar-refractivity contribution >= 4 is 17.3 Å². The van der Waals surface area contributed by atoms with Crippen LogP contribution in [-0.4, -0.2) is 25.6 Å². The van der Waals surface area contributed by atoms with Crippen LogP contribution in [0, 0.1) is 5.41 Å². The third-order valence-electron chi connectivity index (χ3n) is 3.75. The van der Waals surface area contributed by atoms with Gasteiger partial charge in [-0.25, -0.2) is 0 Å². The molecule has 0 aliphatic carbocycles. The minimum absolute atomic E-state index is 0.255. The number of nitrogens with two attached hydrogens (primary N) is 2. The molecule has 1 saturated heterocycles. The van der Waals surface area contributed by atoms with E-state index in [0.29, 0.717) is 24.6 Å². The molecule has 1 fully saturated rings. The lowest BCUT2D eigenvalue weighted by Gasteiger charge is -2.24. The Morgan fingerprint density at radius 3 is 2.84 bits per heavy atom. The zero-order valence-corrected chi connectivity index (χ0v) is 11.5. The number of nitrogen functional groups attached to an aromatic ring is 1. The molecule has 1 atom stereocenters. The van der Waals surface area contributed by atoms with E-state index >= 15 is 0 Å². The van der Waals surface area contributed by atoms with Gasteiger partial charge in [-0.1, -0.05) is 6.07 Å². The molecule has 5 heteroatoms. The highest BCUT2D eigenvalue weighted by Gasteiger charge is 2.39. The van der Waals surface area contributed by atoms with Gasteiger partial charge in [0.15, 0.2) is 0 Å². The fourth-order valence-electron chi connectivity index (χ4n) is 2.46. The van der Waals surface area contributed by atoms with E-state index in [-0.39, 0.29) is 5.91 Å². The van der Waals surface area contributed by atoms with E-state index in [0.717, 1.165) is 18.7 Å². The van der Waals surface area contributed by atoms with Gasteiger partial charge in [0.05, 0.1) is 23.4 Å². The molecule has 1 aliphatic heterocycles. The van der Waals surface area contributed by atoms with E-state index in [1.807, 2.05) is 32.0 Å². The quantitative estimate of drug-likeness (QED) is 0.804. The van der Waals surface area contributed by atoms with Gasteiger partial charge in [-0.05, 0) is 32.4 Å². The maximum absolute atomic E-state index is 11.5. The van der Waals surface area contributed by atoms with Crippen molar-refractivity contribution in [1.82, 2.24) is 0 Å². The number of para-hydroxylation sites is 1. The van der Waals surface area contributed by atoms with Crippen LogP contribution in [0.15, 0.2) is 18.2 Å². The zero-order chi connectivity index (χ0) is 14.0. The monoisotopic (exact) mass is 263 g/mol. The molecular formula is C14H21N3O2. The molecule has 0 bridgehead atoms. The molecule has 1 amide bonds. The lowest BCUT2D eigenvalue weighted by atomic mass is 9.89. The summed E-state index contributed by atoms with van der Waals surface area (Å²) in [7, 11) is 0. The fraction of sp³-hybridized carbons (Fsp3) is 0.500. The molecule has 0 radical (unpaired) electrons. The summed E-state index contributed by atoms with van der Waals surface area (Å²) in [4.78, 5) is 13.6. The van der Waals surface area contributed by atoms with Crippen LogP contribution in [0.25, 0.3) is 0 Å². The van der Waals surface area contributed by atoms with Gasteiger partial charge in [0, 0.05) is 13.1 Å². The van der Waals surface area contributed by atoms with Crippen molar-refractivity contribution in [3.63, 3.8) is 0 Å². The molecule has 1 aromatic rings. The summed E-state index contributed by atoms with van der Waals surface area (Å²) in [5.74, 6) is 0.433. The second-order valence-corrected chi connectivity index (χ2v) is 5.22. The number of nitrogens with zero attached hydrogens (tertiary/aromatic N) is 1. The molecule has 2 rings (SSSR count). The molecule has 5 nitrogen and oxygen atoms in total. The number of carbonyl (C=O) groups excluding carboxylic acids is 1. The Morgan fingerprint density at radius 2 is 2.26 bits per heavy atom. The molecule has 19 heavy (non-hydrogen) atoms. The van der Waals surface area contributed by atoms with Crippen LogP contribution >= 0.6 is 0 Å². The smallest absolute Gasteiger partial charge is 0.225 e. The molecule has 1 aliphatic rings. The van der Waals surface area contributed by atoms with E-state index in [9.17, 15) is 4.79 Å². The average Bonchev–Trinajstić information content (AvgIpc) is 2.76. The first-order chi connectivity index (χ1) is 8.98. The Hall–Kier alpha value is -1.91. The number of primary amides is 1. The van der Waals surface area contributed by atoms with Crippen molar-refractivity contribution in [2.45, 2.75) is 20.3 Å². The summed E-state index contributed by atoms with van der Waals surface area (Å²) >= 11 is 0. The highest BCUT2D eigenvalue weighted by atomic mass is 16.5.